The summed E-state index contributed by atoms with van der Waals surface area (Å²) in [6.07, 6.45) is 7.59. The molecule has 1 heterocycles. The second-order valence-corrected chi connectivity index (χ2v) is 5.80. The van der Waals surface area contributed by atoms with Gasteiger partial charge in [0.2, 0.25) is 5.91 Å². The van der Waals surface area contributed by atoms with Gasteiger partial charge < -0.3 is 15.0 Å². The van der Waals surface area contributed by atoms with E-state index in [1.165, 1.54) is 6.42 Å². The molecule has 116 valence electrons. The number of carbonyl (C=O) groups excluding carboxylic acids is 1. The predicted molar refractivity (Wildman–Crippen MR) is 80.5 cm³/mol. The minimum absolute atomic E-state index is 0.0720. The highest BCUT2D eigenvalue weighted by molar-refractivity contribution is 5.93. The van der Waals surface area contributed by atoms with Crippen LogP contribution >= 0.6 is 0 Å². The Morgan fingerprint density at radius 1 is 1.33 bits per heavy atom. The van der Waals surface area contributed by atoms with Gasteiger partial charge in [-0.25, -0.2) is 4.79 Å². The molecule has 5 heteroatoms. The van der Waals surface area contributed by atoms with Gasteiger partial charge in [-0.2, -0.15) is 0 Å². The fourth-order valence-corrected chi connectivity index (χ4v) is 3.19. The zero-order chi connectivity index (χ0) is 15.4. The van der Waals surface area contributed by atoms with Crippen LogP contribution in [0.3, 0.4) is 0 Å². The number of carbonyl (C=O) groups is 2. The average Bonchev–Trinajstić information content (AvgIpc) is 2.75. The van der Waals surface area contributed by atoms with Gasteiger partial charge in [0.05, 0.1) is 12.0 Å². The van der Waals surface area contributed by atoms with E-state index in [0.29, 0.717) is 17.8 Å². The molecule has 0 spiro atoms. The van der Waals surface area contributed by atoms with Crippen LogP contribution in [0.5, 0.6) is 0 Å². The third-order valence-corrected chi connectivity index (χ3v) is 4.23. The number of aromatic carboxylic acids is 1. The number of aromatic nitrogens is 1. The van der Waals surface area contributed by atoms with E-state index < -0.39 is 5.97 Å². The molecule has 0 aromatic carbocycles. The fraction of sp³-hybridized carbons (Fsp3) is 0.625. The van der Waals surface area contributed by atoms with Gasteiger partial charge in [0.15, 0.2) is 0 Å². The standard InChI is InChI=1S/C16H24N2O3/c1-3-18-10-11(2)15(16(20)21)13(18)9-14(19)17-12-7-5-4-6-8-12/h10,12H,3-9H2,1-2H3,(H,17,19)(H,20,21). The molecular formula is C16H24N2O3. The first kappa shape index (κ1) is 15.6. The molecule has 1 fully saturated rings. The molecule has 1 aliphatic carbocycles. The van der Waals surface area contributed by atoms with E-state index in [-0.39, 0.29) is 23.9 Å². The minimum atomic E-state index is -0.958. The average molecular weight is 292 g/mol. The summed E-state index contributed by atoms with van der Waals surface area (Å²) in [6, 6.07) is 0.255. The summed E-state index contributed by atoms with van der Waals surface area (Å²) in [5.74, 6) is -1.03. The summed E-state index contributed by atoms with van der Waals surface area (Å²) in [4.78, 5) is 23.6. The number of rotatable bonds is 5. The number of amides is 1. The van der Waals surface area contributed by atoms with Crippen LogP contribution < -0.4 is 5.32 Å². The summed E-state index contributed by atoms with van der Waals surface area (Å²) in [5.41, 5.74) is 1.59. The van der Waals surface area contributed by atoms with Crippen LogP contribution in [0.4, 0.5) is 0 Å². The Balaban J connectivity index is 2.10. The quantitative estimate of drug-likeness (QED) is 0.876. The maximum Gasteiger partial charge on any atom is 0.337 e. The number of hydrogen-bond donors (Lipinski definition) is 2. The first-order valence-electron chi connectivity index (χ1n) is 7.74. The van der Waals surface area contributed by atoms with Crippen LogP contribution in [0.15, 0.2) is 6.20 Å². The molecule has 0 atom stereocenters. The zero-order valence-corrected chi connectivity index (χ0v) is 12.8. The van der Waals surface area contributed by atoms with Gasteiger partial charge in [-0.1, -0.05) is 19.3 Å². The van der Waals surface area contributed by atoms with Gasteiger partial charge >= 0.3 is 5.97 Å². The zero-order valence-electron chi connectivity index (χ0n) is 12.8. The Morgan fingerprint density at radius 3 is 2.57 bits per heavy atom. The van der Waals surface area contributed by atoms with Crippen molar-refractivity contribution in [3.05, 3.63) is 23.0 Å². The number of carboxylic acid groups (broad SMARTS) is 1. The second-order valence-electron chi connectivity index (χ2n) is 5.80. The van der Waals surface area contributed by atoms with Gasteiger partial charge in [-0.05, 0) is 32.3 Å². The highest BCUT2D eigenvalue weighted by atomic mass is 16.4. The lowest BCUT2D eigenvalue weighted by molar-refractivity contribution is -0.121. The van der Waals surface area contributed by atoms with Crippen molar-refractivity contribution in [1.82, 2.24) is 9.88 Å². The van der Waals surface area contributed by atoms with Gasteiger partial charge in [-0.3, -0.25) is 4.79 Å². The topological polar surface area (TPSA) is 71.3 Å². The molecule has 1 aromatic rings. The number of carboxylic acids is 1. The van der Waals surface area contributed by atoms with Crippen molar-refractivity contribution in [3.8, 4) is 0 Å². The molecule has 1 saturated carbocycles. The Bertz CT molecular complexity index is 528. The van der Waals surface area contributed by atoms with Crippen LogP contribution in [0.2, 0.25) is 0 Å². The molecule has 1 amide bonds. The Labute approximate surface area is 125 Å². The predicted octanol–water partition coefficient (Wildman–Crippen LogP) is 2.51. The maximum absolute atomic E-state index is 12.2. The molecular weight excluding hydrogens is 268 g/mol. The van der Waals surface area contributed by atoms with Gasteiger partial charge in [0, 0.05) is 24.5 Å². The Morgan fingerprint density at radius 2 is 2.00 bits per heavy atom. The molecule has 5 nitrogen and oxygen atoms in total. The smallest absolute Gasteiger partial charge is 0.337 e. The van der Waals surface area contributed by atoms with Crippen molar-refractivity contribution in [1.29, 1.82) is 0 Å². The highest BCUT2D eigenvalue weighted by Gasteiger charge is 2.22. The van der Waals surface area contributed by atoms with E-state index >= 15 is 0 Å². The molecule has 0 radical (unpaired) electrons. The number of nitrogens with zero attached hydrogens (tertiary/aromatic N) is 1. The molecule has 2 rings (SSSR count). The molecule has 0 aliphatic heterocycles. The van der Waals surface area contributed by atoms with Crippen LogP contribution in [0, 0.1) is 6.92 Å². The maximum atomic E-state index is 12.2. The Hall–Kier alpha value is -1.78. The molecule has 21 heavy (non-hydrogen) atoms. The van der Waals surface area contributed by atoms with Gasteiger partial charge in [0.25, 0.3) is 0 Å². The molecule has 1 aliphatic rings. The van der Waals surface area contributed by atoms with Crippen molar-refractivity contribution < 1.29 is 14.7 Å². The first-order chi connectivity index (χ1) is 10.0. The van der Waals surface area contributed by atoms with E-state index in [2.05, 4.69) is 5.32 Å². The second kappa shape index (κ2) is 6.78. The lowest BCUT2D eigenvalue weighted by Crippen LogP contribution is -2.37. The van der Waals surface area contributed by atoms with Crippen molar-refractivity contribution in [2.24, 2.45) is 0 Å². The summed E-state index contributed by atoms with van der Waals surface area (Å²) in [6.45, 7) is 4.39. The lowest BCUT2D eigenvalue weighted by atomic mass is 9.95. The SMILES string of the molecule is CCn1cc(C)c(C(=O)O)c1CC(=O)NC1CCCCC1. The summed E-state index contributed by atoms with van der Waals surface area (Å²) < 4.78 is 1.86. The minimum Gasteiger partial charge on any atom is -0.478 e. The molecule has 0 saturated heterocycles. The third kappa shape index (κ3) is 3.65. The van der Waals surface area contributed by atoms with Gasteiger partial charge in [-0.15, -0.1) is 0 Å². The van der Waals surface area contributed by atoms with Crippen LogP contribution in [-0.4, -0.2) is 27.6 Å². The van der Waals surface area contributed by atoms with E-state index in [1.54, 1.807) is 6.92 Å². The van der Waals surface area contributed by atoms with Crippen molar-refractivity contribution in [3.63, 3.8) is 0 Å². The number of hydrogen-bond acceptors (Lipinski definition) is 2. The monoisotopic (exact) mass is 292 g/mol. The van der Waals surface area contributed by atoms with E-state index in [1.807, 2.05) is 17.7 Å². The Kier molecular flexibility index (Phi) is 5.04. The van der Waals surface area contributed by atoms with Crippen molar-refractivity contribution in [2.45, 2.75) is 65.0 Å². The normalized spacial score (nSPS) is 15.9. The van der Waals surface area contributed by atoms with E-state index in [0.717, 1.165) is 25.7 Å². The van der Waals surface area contributed by atoms with Crippen LogP contribution in [0.25, 0.3) is 0 Å². The highest BCUT2D eigenvalue weighted by Crippen LogP contribution is 2.20. The van der Waals surface area contributed by atoms with Crippen LogP contribution in [0.1, 0.15) is 60.6 Å². The largest absolute Gasteiger partial charge is 0.478 e. The fourth-order valence-electron chi connectivity index (χ4n) is 3.19. The van der Waals surface area contributed by atoms with Crippen molar-refractivity contribution >= 4 is 11.9 Å². The number of nitrogens with one attached hydrogen (secondary N) is 1. The molecule has 0 bridgehead atoms. The van der Waals surface area contributed by atoms with Crippen LogP contribution in [-0.2, 0) is 17.8 Å². The molecule has 0 unspecified atom stereocenters. The third-order valence-electron chi connectivity index (χ3n) is 4.23. The van der Waals surface area contributed by atoms with E-state index in [4.69, 9.17) is 0 Å². The van der Waals surface area contributed by atoms with Gasteiger partial charge in [0.1, 0.15) is 0 Å². The first-order valence-corrected chi connectivity index (χ1v) is 7.74. The number of aryl methyl sites for hydroxylation is 2. The summed E-state index contributed by atoms with van der Waals surface area (Å²) in [7, 11) is 0. The summed E-state index contributed by atoms with van der Waals surface area (Å²) in [5, 5.41) is 12.4. The van der Waals surface area contributed by atoms with E-state index in [9.17, 15) is 14.7 Å². The molecule has 2 N–H and O–H groups in total. The summed E-state index contributed by atoms with van der Waals surface area (Å²) >= 11 is 0. The van der Waals surface area contributed by atoms with Crippen molar-refractivity contribution in [2.75, 3.05) is 0 Å². The molecule has 1 aromatic heterocycles. The lowest BCUT2D eigenvalue weighted by Gasteiger charge is -2.23.